The van der Waals surface area contributed by atoms with Crippen LogP contribution in [0.3, 0.4) is 0 Å². The Hall–Kier alpha value is -2.86. The van der Waals surface area contributed by atoms with E-state index in [9.17, 15) is 14.7 Å². The number of benzene rings is 2. The first kappa shape index (κ1) is 18.5. The normalized spacial score (nSPS) is 11.4. The molecule has 2 aromatic carbocycles. The van der Waals surface area contributed by atoms with Crippen molar-refractivity contribution in [3.05, 3.63) is 68.2 Å². The van der Waals surface area contributed by atoms with Crippen molar-refractivity contribution >= 4 is 43.8 Å². The number of fused-ring (bicyclic) bond motifs is 2. The average Bonchev–Trinajstić information content (AvgIpc) is 3.07. The average molecular weight is 440 g/mol. The maximum absolute atomic E-state index is 12.4. The van der Waals surface area contributed by atoms with E-state index in [1.807, 2.05) is 44.2 Å². The Bertz CT molecular complexity index is 1280. The predicted octanol–water partition coefficient (Wildman–Crippen LogP) is 4.27. The Morgan fingerprint density at radius 2 is 1.79 bits per heavy atom. The van der Waals surface area contributed by atoms with Gasteiger partial charge in [0.1, 0.15) is 11.2 Å². The van der Waals surface area contributed by atoms with Gasteiger partial charge in [-0.05, 0) is 56.0 Å². The third kappa shape index (κ3) is 3.03. The Balaban J connectivity index is 1.98. The highest BCUT2D eigenvalue weighted by Gasteiger charge is 2.18. The van der Waals surface area contributed by atoms with Crippen LogP contribution in [0.1, 0.15) is 23.1 Å². The predicted molar refractivity (Wildman–Crippen MR) is 108 cm³/mol. The van der Waals surface area contributed by atoms with Gasteiger partial charge in [0.05, 0.1) is 6.26 Å². The lowest BCUT2D eigenvalue weighted by Crippen LogP contribution is -2.24. The van der Waals surface area contributed by atoms with Crippen LogP contribution in [-0.4, -0.2) is 5.97 Å². The van der Waals surface area contributed by atoms with Crippen LogP contribution < -0.4 is 10.7 Å². The van der Waals surface area contributed by atoms with Crippen LogP contribution in [0.15, 0.2) is 54.7 Å². The summed E-state index contributed by atoms with van der Waals surface area (Å²) in [5.74, 6) is -1.20. The summed E-state index contributed by atoms with van der Waals surface area (Å²) in [4.78, 5) is 23.2. The first-order valence-corrected chi connectivity index (χ1v) is 9.59. The van der Waals surface area contributed by atoms with Gasteiger partial charge in [0.15, 0.2) is 0 Å². The van der Waals surface area contributed by atoms with Gasteiger partial charge in [-0.2, -0.15) is 0 Å². The summed E-state index contributed by atoms with van der Waals surface area (Å²) in [6.07, 6.45) is 1.55. The molecule has 4 rings (SSSR count). The van der Waals surface area contributed by atoms with Crippen molar-refractivity contribution in [1.29, 1.82) is 0 Å². The molecular weight excluding hydrogens is 424 g/mol. The summed E-state index contributed by atoms with van der Waals surface area (Å²) in [5, 5.41) is 12.5. The molecule has 0 aliphatic rings. The van der Waals surface area contributed by atoms with Crippen molar-refractivity contribution < 1.29 is 18.7 Å². The molecule has 0 amide bonds. The lowest BCUT2D eigenvalue weighted by atomic mass is 9.97. The maximum Gasteiger partial charge on any atom is 0.339 e. The van der Waals surface area contributed by atoms with Crippen LogP contribution >= 0.6 is 15.9 Å². The van der Waals surface area contributed by atoms with E-state index < -0.39 is 11.6 Å². The third-order valence-corrected chi connectivity index (χ3v) is 5.60. The van der Waals surface area contributed by atoms with E-state index in [4.69, 9.17) is 8.83 Å². The number of rotatable bonds is 4. The first-order chi connectivity index (χ1) is 13.4. The number of carbonyl (C=O) groups is 1. The molecule has 0 fully saturated rings. The Morgan fingerprint density at radius 3 is 2.46 bits per heavy atom. The first-order valence-electron chi connectivity index (χ1n) is 8.79. The summed E-state index contributed by atoms with van der Waals surface area (Å²) in [5.41, 5.74) is 4.38. The molecule has 0 aliphatic heterocycles. The Labute approximate surface area is 168 Å². The smallest absolute Gasteiger partial charge is 0.339 e. The number of furan rings is 1. The monoisotopic (exact) mass is 439 g/mol. The largest absolute Gasteiger partial charge is 0.550 e. The number of hydrogen-bond donors (Lipinski definition) is 0. The fourth-order valence-electron chi connectivity index (χ4n) is 3.57. The fraction of sp³-hybridized carbons (Fsp3) is 0.182. The van der Waals surface area contributed by atoms with Crippen LogP contribution in [0, 0.1) is 13.8 Å². The van der Waals surface area contributed by atoms with E-state index in [1.165, 1.54) is 0 Å². The lowest BCUT2D eigenvalue weighted by Gasteiger charge is -2.10. The molecule has 0 saturated carbocycles. The minimum atomic E-state index is -1.20. The number of aliphatic carboxylic acids is 1. The van der Waals surface area contributed by atoms with Crippen molar-refractivity contribution in [2.24, 2.45) is 0 Å². The fourth-order valence-corrected chi connectivity index (χ4v) is 3.83. The van der Waals surface area contributed by atoms with Crippen molar-refractivity contribution in [3.63, 3.8) is 0 Å². The van der Waals surface area contributed by atoms with E-state index in [0.29, 0.717) is 16.7 Å². The molecule has 6 heteroatoms. The molecule has 0 atom stereocenters. The zero-order valence-corrected chi connectivity index (χ0v) is 16.9. The SMILES string of the molecule is Cc1c(CCC(=O)[O-])c(=O)oc2c(C)c3occ(-c4ccc(Br)cc4)c3cc12. The summed E-state index contributed by atoms with van der Waals surface area (Å²) >= 11 is 3.44. The van der Waals surface area contributed by atoms with Crippen LogP contribution in [-0.2, 0) is 11.2 Å². The van der Waals surface area contributed by atoms with Crippen molar-refractivity contribution in [2.45, 2.75) is 26.7 Å². The van der Waals surface area contributed by atoms with E-state index in [-0.39, 0.29) is 12.8 Å². The van der Waals surface area contributed by atoms with Gasteiger partial charge in [0.25, 0.3) is 0 Å². The summed E-state index contributed by atoms with van der Waals surface area (Å²) in [7, 11) is 0. The number of halogens is 1. The molecule has 4 aromatic rings. The highest BCUT2D eigenvalue weighted by Crippen LogP contribution is 2.37. The molecule has 0 saturated heterocycles. The second kappa shape index (κ2) is 6.95. The molecule has 5 nitrogen and oxygen atoms in total. The topological polar surface area (TPSA) is 83.5 Å². The van der Waals surface area contributed by atoms with E-state index in [0.717, 1.165) is 37.5 Å². The number of hydrogen-bond acceptors (Lipinski definition) is 5. The van der Waals surface area contributed by atoms with Crippen molar-refractivity contribution in [3.8, 4) is 11.1 Å². The quantitative estimate of drug-likeness (QED) is 0.443. The lowest BCUT2D eigenvalue weighted by molar-refractivity contribution is -0.305. The molecule has 0 spiro atoms. The van der Waals surface area contributed by atoms with Gasteiger partial charge in [0, 0.05) is 37.9 Å². The summed E-state index contributed by atoms with van der Waals surface area (Å²) < 4.78 is 12.3. The minimum absolute atomic E-state index is 0.0779. The van der Waals surface area contributed by atoms with Crippen LogP contribution in [0.5, 0.6) is 0 Å². The highest BCUT2D eigenvalue weighted by atomic mass is 79.9. The molecule has 28 heavy (non-hydrogen) atoms. The van der Waals surface area contributed by atoms with Crippen LogP contribution in [0.25, 0.3) is 33.1 Å². The molecule has 142 valence electrons. The molecule has 2 heterocycles. The molecule has 0 aliphatic carbocycles. The number of carboxylic acids is 1. The molecule has 0 unspecified atom stereocenters. The zero-order chi connectivity index (χ0) is 20.0. The third-order valence-electron chi connectivity index (χ3n) is 5.08. The van der Waals surface area contributed by atoms with Crippen molar-refractivity contribution in [2.75, 3.05) is 0 Å². The molecule has 2 aromatic heterocycles. The number of aryl methyl sites for hydroxylation is 2. The minimum Gasteiger partial charge on any atom is -0.550 e. The van der Waals surface area contributed by atoms with Gasteiger partial charge in [-0.1, -0.05) is 28.1 Å². The van der Waals surface area contributed by atoms with Gasteiger partial charge in [-0.3, -0.25) is 0 Å². The molecule has 0 N–H and O–H groups in total. The highest BCUT2D eigenvalue weighted by molar-refractivity contribution is 9.10. The van der Waals surface area contributed by atoms with E-state index in [1.54, 1.807) is 6.26 Å². The number of carbonyl (C=O) groups excluding carboxylic acids is 1. The zero-order valence-electron chi connectivity index (χ0n) is 15.3. The van der Waals surface area contributed by atoms with Gasteiger partial charge in [-0.15, -0.1) is 0 Å². The number of carboxylic acid groups (broad SMARTS) is 1. The van der Waals surface area contributed by atoms with E-state index >= 15 is 0 Å². The summed E-state index contributed by atoms with van der Waals surface area (Å²) in [6.45, 7) is 3.66. The van der Waals surface area contributed by atoms with Gasteiger partial charge in [-0.25, -0.2) is 4.79 Å². The standard InChI is InChI=1S/C22H17BrO5/c1-11-15(7-8-19(24)25)22(26)28-21-12(2)20-17(9-16(11)21)18(10-27-20)13-3-5-14(23)6-4-13/h3-6,9-10H,7-8H2,1-2H3,(H,24,25)/p-1. The summed E-state index contributed by atoms with van der Waals surface area (Å²) in [6, 6.07) is 9.86. The second-order valence-electron chi connectivity index (χ2n) is 6.78. The van der Waals surface area contributed by atoms with Gasteiger partial charge >= 0.3 is 5.63 Å². The van der Waals surface area contributed by atoms with Crippen molar-refractivity contribution in [1.82, 2.24) is 0 Å². The Morgan fingerprint density at radius 1 is 1.07 bits per heavy atom. The second-order valence-corrected chi connectivity index (χ2v) is 7.69. The van der Waals surface area contributed by atoms with E-state index in [2.05, 4.69) is 15.9 Å². The van der Waals surface area contributed by atoms with Gasteiger partial charge < -0.3 is 18.7 Å². The Kier molecular flexibility index (Phi) is 4.59. The van der Waals surface area contributed by atoms with Crippen LogP contribution in [0.4, 0.5) is 0 Å². The van der Waals surface area contributed by atoms with Crippen LogP contribution in [0.2, 0.25) is 0 Å². The molecule has 0 radical (unpaired) electrons. The van der Waals surface area contributed by atoms with Gasteiger partial charge in [0.2, 0.25) is 0 Å². The molecular formula is C22H16BrO5-. The maximum atomic E-state index is 12.4. The molecule has 0 bridgehead atoms.